The number of amides is 1. The van der Waals surface area contributed by atoms with Crippen molar-refractivity contribution >= 4 is 16.9 Å². The van der Waals surface area contributed by atoms with Crippen LogP contribution in [0.4, 0.5) is 4.39 Å². The number of rotatable bonds is 9. The minimum absolute atomic E-state index is 0.0508. The Labute approximate surface area is 190 Å². The van der Waals surface area contributed by atoms with E-state index in [1.807, 2.05) is 6.92 Å². The Kier molecular flexibility index (Phi) is 6.46. The summed E-state index contributed by atoms with van der Waals surface area (Å²) < 4.78 is 36.3. The quantitative estimate of drug-likeness (QED) is 0.454. The summed E-state index contributed by atoms with van der Waals surface area (Å²) >= 11 is 0. The zero-order valence-electron chi connectivity index (χ0n) is 18.4. The van der Waals surface area contributed by atoms with Crippen molar-refractivity contribution in [1.82, 2.24) is 4.90 Å². The lowest BCUT2D eigenvalue weighted by Gasteiger charge is -2.25. The van der Waals surface area contributed by atoms with E-state index in [0.717, 1.165) is 6.07 Å². The van der Waals surface area contributed by atoms with Crippen molar-refractivity contribution in [1.29, 1.82) is 0 Å². The van der Waals surface area contributed by atoms with E-state index >= 15 is 0 Å². The number of nitrogens with zero attached hydrogens (tertiary/aromatic N) is 1. The smallest absolute Gasteiger partial charge is 0.290 e. The van der Waals surface area contributed by atoms with E-state index in [0.29, 0.717) is 30.3 Å². The molecule has 0 bridgehead atoms. The van der Waals surface area contributed by atoms with Crippen molar-refractivity contribution in [2.75, 3.05) is 33.5 Å². The van der Waals surface area contributed by atoms with Gasteiger partial charge in [0, 0.05) is 13.7 Å². The Hall–Kier alpha value is -3.65. The highest BCUT2D eigenvalue weighted by atomic mass is 19.1. The lowest BCUT2D eigenvalue weighted by atomic mass is 9.98. The molecule has 172 valence electrons. The van der Waals surface area contributed by atoms with E-state index in [9.17, 15) is 14.0 Å². The topological polar surface area (TPSA) is 78.2 Å². The predicted octanol–water partition coefficient (Wildman–Crippen LogP) is 4.09. The van der Waals surface area contributed by atoms with Crippen molar-refractivity contribution in [3.05, 3.63) is 82.0 Å². The largest absolute Gasteiger partial charge is 0.490 e. The average Bonchev–Trinajstić information content (AvgIpc) is 3.09. The van der Waals surface area contributed by atoms with Crippen LogP contribution in [0.5, 0.6) is 11.5 Å². The normalized spacial score (nSPS) is 15.1. The number of benzene rings is 2. The van der Waals surface area contributed by atoms with Gasteiger partial charge in [0.1, 0.15) is 18.0 Å². The van der Waals surface area contributed by atoms with Gasteiger partial charge in [0.05, 0.1) is 30.2 Å². The molecule has 1 aliphatic heterocycles. The van der Waals surface area contributed by atoms with E-state index in [1.54, 1.807) is 24.3 Å². The van der Waals surface area contributed by atoms with E-state index in [-0.39, 0.29) is 35.4 Å². The molecule has 1 aliphatic rings. The molecular weight excluding hydrogens is 429 g/mol. The summed E-state index contributed by atoms with van der Waals surface area (Å²) in [5, 5.41) is 0.0797. The molecule has 7 nitrogen and oxygen atoms in total. The zero-order valence-corrected chi connectivity index (χ0v) is 18.4. The summed E-state index contributed by atoms with van der Waals surface area (Å²) in [4.78, 5) is 28.2. The Morgan fingerprint density at radius 3 is 2.70 bits per heavy atom. The van der Waals surface area contributed by atoms with Crippen LogP contribution in [0, 0.1) is 5.82 Å². The average molecular weight is 453 g/mol. The van der Waals surface area contributed by atoms with Crippen LogP contribution in [0.15, 0.2) is 58.3 Å². The Bertz CT molecular complexity index is 1270. The number of hydrogen-bond donors (Lipinski definition) is 0. The Balaban J connectivity index is 1.90. The van der Waals surface area contributed by atoms with Gasteiger partial charge in [-0.05, 0) is 42.8 Å². The van der Waals surface area contributed by atoms with Crippen LogP contribution >= 0.6 is 0 Å². The van der Waals surface area contributed by atoms with Gasteiger partial charge >= 0.3 is 0 Å². The summed E-state index contributed by atoms with van der Waals surface area (Å²) in [7, 11) is 1.53. The van der Waals surface area contributed by atoms with Gasteiger partial charge in [0.15, 0.2) is 16.9 Å². The van der Waals surface area contributed by atoms with E-state index in [2.05, 4.69) is 6.58 Å². The van der Waals surface area contributed by atoms with Gasteiger partial charge in [-0.1, -0.05) is 18.7 Å². The second-order valence-corrected chi connectivity index (χ2v) is 7.45. The van der Waals surface area contributed by atoms with Gasteiger partial charge in [-0.25, -0.2) is 4.39 Å². The van der Waals surface area contributed by atoms with Crippen LogP contribution in [-0.2, 0) is 4.74 Å². The first-order chi connectivity index (χ1) is 16.0. The Morgan fingerprint density at radius 2 is 1.97 bits per heavy atom. The highest BCUT2D eigenvalue weighted by molar-refractivity contribution is 5.99. The summed E-state index contributed by atoms with van der Waals surface area (Å²) in [5.41, 5.74) is 0.505. The molecule has 2 aromatic carbocycles. The third-order valence-corrected chi connectivity index (χ3v) is 5.40. The molecule has 2 heterocycles. The molecule has 8 heteroatoms. The lowest BCUT2D eigenvalue weighted by molar-refractivity contribution is 0.0663. The summed E-state index contributed by atoms with van der Waals surface area (Å²) in [6.07, 6.45) is 1.62. The molecule has 0 saturated heterocycles. The summed E-state index contributed by atoms with van der Waals surface area (Å²) in [5.74, 6) is -0.0542. The number of ether oxygens (including phenoxy) is 3. The molecule has 0 aliphatic carbocycles. The van der Waals surface area contributed by atoms with E-state index < -0.39 is 23.2 Å². The van der Waals surface area contributed by atoms with Crippen molar-refractivity contribution < 1.29 is 27.8 Å². The standard InChI is InChI=1S/C25H24FNO6/c1-4-11-32-19-8-6-15(13-20(19)31-5-2)22-21-23(28)17-14-16(26)7-9-18(17)33-24(21)25(29)27(22)10-12-30-3/h4,6-9,13-14,22H,1,5,10-12H2,2-3H3. The fourth-order valence-electron chi connectivity index (χ4n) is 3.99. The van der Waals surface area contributed by atoms with Crippen molar-refractivity contribution in [2.45, 2.75) is 13.0 Å². The fourth-order valence-corrected chi connectivity index (χ4v) is 3.99. The van der Waals surface area contributed by atoms with Gasteiger partial charge in [-0.15, -0.1) is 0 Å². The molecule has 1 amide bonds. The number of methoxy groups -OCH3 is 1. The molecule has 33 heavy (non-hydrogen) atoms. The van der Waals surface area contributed by atoms with Crippen LogP contribution in [-0.4, -0.2) is 44.3 Å². The first kappa shape index (κ1) is 22.5. The number of hydrogen-bond acceptors (Lipinski definition) is 6. The van der Waals surface area contributed by atoms with Crippen molar-refractivity contribution in [3.63, 3.8) is 0 Å². The molecule has 1 aromatic heterocycles. The summed E-state index contributed by atoms with van der Waals surface area (Å²) in [6.45, 7) is 6.68. The van der Waals surface area contributed by atoms with Gasteiger partial charge < -0.3 is 23.5 Å². The van der Waals surface area contributed by atoms with Crippen LogP contribution < -0.4 is 14.9 Å². The number of fused-ring (bicyclic) bond motifs is 2. The van der Waals surface area contributed by atoms with Crippen molar-refractivity contribution in [2.24, 2.45) is 0 Å². The van der Waals surface area contributed by atoms with Crippen LogP contribution in [0.25, 0.3) is 11.0 Å². The first-order valence-corrected chi connectivity index (χ1v) is 10.6. The Morgan fingerprint density at radius 1 is 1.15 bits per heavy atom. The summed E-state index contributed by atoms with van der Waals surface area (Å²) in [6, 6.07) is 8.15. The number of carbonyl (C=O) groups excluding carboxylic acids is 1. The van der Waals surface area contributed by atoms with E-state index in [4.69, 9.17) is 18.6 Å². The third kappa shape index (κ3) is 4.09. The molecule has 4 rings (SSSR count). The predicted molar refractivity (Wildman–Crippen MR) is 121 cm³/mol. The molecule has 0 spiro atoms. The van der Waals surface area contributed by atoms with E-state index in [1.165, 1.54) is 24.1 Å². The maximum Gasteiger partial charge on any atom is 0.290 e. The van der Waals surface area contributed by atoms with Gasteiger partial charge in [-0.3, -0.25) is 9.59 Å². The molecule has 0 N–H and O–H groups in total. The SMILES string of the molecule is C=CCOc1ccc(C2c3c(oc4ccc(F)cc4c3=O)C(=O)N2CCOC)cc1OCC. The molecular formula is C25H24FNO6. The zero-order chi connectivity index (χ0) is 23.5. The molecule has 0 fully saturated rings. The second-order valence-electron chi connectivity index (χ2n) is 7.45. The molecule has 1 atom stereocenters. The molecule has 0 radical (unpaired) electrons. The van der Waals surface area contributed by atoms with Gasteiger partial charge in [-0.2, -0.15) is 0 Å². The highest BCUT2D eigenvalue weighted by Gasteiger charge is 2.42. The first-order valence-electron chi connectivity index (χ1n) is 10.6. The maximum atomic E-state index is 13.9. The van der Waals surface area contributed by atoms with Crippen LogP contribution in [0.3, 0.4) is 0 Å². The van der Waals surface area contributed by atoms with Gasteiger partial charge in [0.2, 0.25) is 5.76 Å². The number of carbonyl (C=O) groups is 1. The fraction of sp³-hybridized carbons (Fsp3) is 0.280. The minimum Gasteiger partial charge on any atom is -0.490 e. The second kappa shape index (κ2) is 9.46. The van der Waals surface area contributed by atoms with Crippen LogP contribution in [0.1, 0.15) is 34.6 Å². The van der Waals surface area contributed by atoms with Gasteiger partial charge in [0.25, 0.3) is 5.91 Å². The highest BCUT2D eigenvalue weighted by Crippen LogP contribution is 2.41. The third-order valence-electron chi connectivity index (χ3n) is 5.40. The minimum atomic E-state index is -0.751. The lowest BCUT2D eigenvalue weighted by Crippen LogP contribution is -2.32. The molecule has 0 saturated carbocycles. The maximum absolute atomic E-state index is 13.9. The molecule has 1 unspecified atom stereocenters. The van der Waals surface area contributed by atoms with Crippen molar-refractivity contribution in [3.8, 4) is 11.5 Å². The number of halogens is 1. The monoisotopic (exact) mass is 453 g/mol. The van der Waals surface area contributed by atoms with Crippen LogP contribution in [0.2, 0.25) is 0 Å². The molecule has 3 aromatic rings.